The van der Waals surface area contributed by atoms with Crippen molar-refractivity contribution in [3.8, 4) is 0 Å². The molecule has 0 N–H and O–H groups in total. The first kappa shape index (κ1) is 10.7. The van der Waals surface area contributed by atoms with Crippen LogP contribution in [0.3, 0.4) is 0 Å². The summed E-state index contributed by atoms with van der Waals surface area (Å²) in [6.07, 6.45) is 5.55. The van der Waals surface area contributed by atoms with Crippen molar-refractivity contribution in [3.05, 3.63) is 46.5 Å². The molecule has 0 radical (unpaired) electrons. The maximum absolute atomic E-state index is 6.28. The minimum Gasteiger partial charge on any atom is -0.322 e. The average molecular weight is 277 g/mol. The Labute approximate surface area is 115 Å². The maximum atomic E-state index is 6.28. The number of benzene rings is 1. The molecular formula is C14H10Cl2N2. The van der Waals surface area contributed by atoms with E-state index in [0.29, 0.717) is 22.0 Å². The molecule has 0 saturated carbocycles. The van der Waals surface area contributed by atoms with Gasteiger partial charge >= 0.3 is 0 Å². The summed E-state index contributed by atoms with van der Waals surface area (Å²) >= 11 is 12.3. The van der Waals surface area contributed by atoms with Gasteiger partial charge in [-0.05, 0) is 18.6 Å². The van der Waals surface area contributed by atoms with Crippen molar-refractivity contribution in [1.29, 1.82) is 0 Å². The summed E-state index contributed by atoms with van der Waals surface area (Å²) in [4.78, 5) is 6.92. The second-order valence-electron chi connectivity index (χ2n) is 4.86. The van der Waals surface area contributed by atoms with E-state index in [0.717, 1.165) is 29.2 Å². The van der Waals surface area contributed by atoms with Crippen molar-refractivity contribution in [3.63, 3.8) is 0 Å². The smallest absolute Gasteiger partial charge is 0.117 e. The fourth-order valence-corrected chi connectivity index (χ4v) is 3.66. The number of aliphatic imine (C=N–C) groups is 1. The minimum atomic E-state index is 0.390. The molecule has 3 aliphatic rings. The van der Waals surface area contributed by atoms with E-state index >= 15 is 0 Å². The van der Waals surface area contributed by atoms with Crippen LogP contribution in [0.2, 0.25) is 10.0 Å². The van der Waals surface area contributed by atoms with Crippen molar-refractivity contribution >= 4 is 40.4 Å². The normalized spacial score (nSPS) is 27.3. The van der Waals surface area contributed by atoms with E-state index in [2.05, 4.69) is 23.6 Å². The topological polar surface area (TPSA) is 15.6 Å². The Morgan fingerprint density at radius 2 is 2.11 bits per heavy atom. The highest BCUT2D eigenvalue weighted by Gasteiger charge is 2.43. The maximum Gasteiger partial charge on any atom is 0.117 e. The van der Waals surface area contributed by atoms with E-state index in [1.165, 1.54) is 0 Å². The average Bonchev–Trinajstić information content (AvgIpc) is 2.88. The summed E-state index contributed by atoms with van der Waals surface area (Å²) in [7, 11) is 0. The lowest BCUT2D eigenvalue weighted by Gasteiger charge is -2.33. The fourth-order valence-electron chi connectivity index (χ4n) is 3.06. The molecule has 18 heavy (non-hydrogen) atoms. The summed E-state index contributed by atoms with van der Waals surface area (Å²) < 4.78 is 0. The number of halogens is 2. The molecule has 2 atom stereocenters. The van der Waals surface area contributed by atoms with Gasteiger partial charge in [-0.15, -0.1) is 0 Å². The molecule has 4 heteroatoms. The zero-order valence-electron chi connectivity index (χ0n) is 9.53. The number of rotatable bonds is 0. The molecule has 4 rings (SSSR count). The number of hydrogen-bond acceptors (Lipinski definition) is 2. The predicted octanol–water partition coefficient (Wildman–Crippen LogP) is 4.27. The number of fused-ring (bicyclic) bond motifs is 6. The zero-order chi connectivity index (χ0) is 12.4. The highest BCUT2D eigenvalue weighted by molar-refractivity contribution is 6.36. The first-order valence-electron chi connectivity index (χ1n) is 5.89. The van der Waals surface area contributed by atoms with Crippen LogP contribution in [-0.4, -0.2) is 16.8 Å². The Morgan fingerprint density at radius 3 is 2.94 bits per heavy atom. The van der Waals surface area contributed by atoms with Crippen LogP contribution in [0.1, 0.15) is 12.0 Å². The van der Waals surface area contributed by atoms with Crippen LogP contribution in [-0.2, 0) is 0 Å². The third-order valence-corrected chi connectivity index (χ3v) is 4.34. The Morgan fingerprint density at radius 1 is 1.28 bits per heavy atom. The molecule has 1 aliphatic carbocycles. The SMILES string of the molecule is C=C1c2c(Cl)cc(Cl)cc2N=C2C3C=CC(C3)N12. The molecule has 2 heterocycles. The monoisotopic (exact) mass is 276 g/mol. The van der Waals surface area contributed by atoms with Crippen LogP contribution in [0, 0.1) is 5.92 Å². The second-order valence-corrected chi connectivity index (χ2v) is 5.71. The van der Waals surface area contributed by atoms with Gasteiger partial charge in [0.05, 0.1) is 16.8 Å². The lowest BCUT2D eigenvalue weighted by atomic mass is 10.0. The van der Waals surface area contributed by atoms with Crippen LogP contribution in [0.5, 0.6) is 0 Å². The standard InChI is InChI=1S/C14H10Cl2N2/c1-7-13-11(16)5-9(15)6-12(13)17-14-8-2-3-10(4-8)18(7)14/h2-3,5-6,8,10H,1,4H2. The van der Waals surface area contributed by atoms with Crippen LogP contribution in [0.15, 0.2) is 35.9 Å². The van der Waals surface area contributed by atoms with Crippen molar-refractivity contribution < 1.29 is 0 Å². The number of hydrogen-bond donors (Lipinski definition) is 0. The quantitative estimate of drug-likeness (QED) is 0.647. The third kappa shape index (κ3) is 1.22. The van der Waals surface area contributed by atoms with Gasteiger partial charge in [-0.1, -0.05) is 41.9 Å². The number of nitrogens with zero attached hydrogens (tertiary/aromatic N) is 2. The molecule has 1 saturated heterocycles. The fraction of sp³-hybridized carbons (Fsp3) is 0.214. The minimum absolute atomic E-state index is 0.390. The van der Waals surface area contributed by atoms with Gasteiger partial charge in [0.15, 0.2) is 0 Å². The summed E-state index contributed by atoms with van der Waals surface area (Å²) in [5.74, 6) is 1.50. The van der Waals surface area contributed by atoms with E-state index in [1.54, 1.807) is 6.07 Å². The Bertz CT molecular complexity index is 645. The van der Waals surface area contributed by atoms with Crippen LogP contribution >= 0.6 is 23.2 Å². The third-order valence-electron chi connectivity index (χ3n) is 3.82. The molecule has 1 fully saturated rings. The first-order valence-corrected chi connectivity index (χ1v) is 6.65. The van der Waals surface area contributed by atoms with Crippen LogP contribution in [0.25, 0.3) is 5.70 Å². The Kier molecular flexibility index (Phi) is 2.01. The van der Waals surface area contributed by atoms with E-state index in [4.69, 9.17) is 28.2 Å². The molecule has 90 valence electrons. The Balaban J connectivity index is 1.98. The molecular weight excluding hydrogens is 267 g/mol. The van der Waals surface area contributed by atoms with Gasteiger partial charge in [0.2, 0.25) is 0 Å². The largest absolute Gasteiger partial charge is 0.322 e. The zero-order valence-corrected chi connectivity index (χ0v) is 11.0. The summed E-state index contributed by atoms with van der Waals surface area (Å²) in [5, 5.41) is 1.24. The van der Waals surface area contributed by atoms with E-state index < -0.39 is 0 Å². The first-order chi connectivity index (χ1) is 8.65. The van der Waals surface area contributed by atoms with Crippen LogP contribution < -0.4 is 0 Å². The van der Waals surface area contributed by atoms with Gasteiger partial charge in [-0.25, -0.2) is 4.99 Å². The molecule has 1 aromatic rings. The van der Waals surface area contributed by atoms with Gasteiger partial charge in [0, 0.05) is 22.2 Å². The summed E-state index contributed by atoms with van der Waals surface area (Å²) in [5.41, 5.74) is 2.68. The van der Waals surface area contributed by atoms with Crippen molar-refractivity contribution in [2.45, 2.75) is 12.5 Å². The second kappa shape index (κ2) is 3.40. The highest BCUT2D eigenvalue weighted by atomic mass is 35.5. The van der Waals surface area contributed by atoms with Gasteiger partial charge < -0.3 is 4.90 Å². The highest BCUT2D eigenvalue weighted by Crippen LogP contribution is 2.47. The van der Waals surface area contributed by atoms with E-state index in [1.807, 2.05) is 6.07 Å². The molecule has 1 aromatic carbocycles. The molecule has 0 spiro atoms. The number of amidine groups is 1. The molecule has 2 unspecified atom stereocenters. The lowest BCUT2D eigenvalue weighted by Crippen LogP contribution is -2.34. The lowest BCUT2D eigenvalue weighted by molar-refractivity contribution is 0.529. The van der Waals surface area contributed by atoms with Gasteiger partial charge in [-0.3, -0.25) is 0 Å². The molecule has 0 aromatic heterocycles. The van der Waals surface area contributed by atoms with Gasteiger partial charge in [0.1, 0.15) is 5.84 Å². The Hall–Kier alpha value is -1.25. The summed E-state index contributed by atoms with van der Waals surface area (Å²) in [6.45, 7) is 4.19. The van der Waals surface area contributed by atoms with Crippen molar-refractivity contribution in [2.24, 2.45) is 10.9 Å². The van der Waals surface area contributed by atoms with Crippen LogP contribution in [0.4, 0.5) is 5.69 Å². The van der Waals surface area contributed by atoms with Gasteiger partial charge in [-0.2, -0.15) is 0 Å². The van der Waals surface area contributed by atoms with Gasteiger partial charge in [0.25, 0.3) is 0 Å². The van der Waals surface area contributed by atoms with Crippen molar-refractivity contribution in [1.82, 2.24) is 4.90 Å². The molecule has 2 bridgehead atoms. The molecule has 2 aliphatic heterocycles. The molecule has 2 nitrogen and oxygen atoms in total. The van der Waals surface area contributed by atoms with Crippen molar-refractivity contribution in [2.75, 3.05) is 0 Å². The molecule has 0 amide bonds. The summed E-state index contributed by atoms with van der Waals surface area (Å²) in [6, 6.07) is 3.99. The predicted molar refractivity (Wildman–Crippen MR) is 75.5 cm³/mol. The van der Waals surface area contributed by atoms with E-state index in [-0.39, 0.29) is 0 Å². The van der Waals surface area contributed by atoms with E-state index in [9.17, 15) is 0 Å².